The molecular weight excluding hydrogens is 387 g/mol. The van der Waals surface area contributed by atoms with Crippen LogP contribution in [0.5, 0.6) is 0 Å². The fraction of sp³-hybridized carbons (Fsp3) is 0.0909. The molecule has 0 fully saturated rings. The summed E-state index contributed by atoms with van der Waals surface area (Å²) in [5.41, 5.74) is 5.11. The van der Waals surface area contributed by atoms with Crippen molar-refractivity contribution in [2.24, 2.45) is 0 Å². The van der Waals surface area contributed by atoms with E-state index in [4.69, 9.17) is 0 Å². The van der Waals surface area contributed by atoms with Gasteiger partial charge >= 0.3 is 159 Å². The third kappa shape index (κ3) is 3.48. The Morgan fingerprint density at radius 2 is 1.69 bits per heavy atom. The van der Waals surface area contributed by atoms with Gasteiger partial charge in [0.2, 0.25) is 0 Å². The Hall–Kier alpha value is -2.68. The number of carbonyl (C=O) groups is 1. The predicted molar refractivity (Wildman–Crippen MR) is 106 cm³/mol. The van der Waals surface area contributed by atoms with E-state index in [1.807, 2.05) is 48.8 Å². The molecule has 0 bridgehead atoms. The number of aromatic nitrogens is 2. The minimum absolute atomic E-state index is 0.210. The van der Waals surface area contributed by atoms with Gasteiger partial charge in [-0.1, -0.05) is 0 Å². The van der Waals surface area contributed by atoms with Crippen LogP contribution in [0, 0.1) is 6.92 Å². The molecule has 0 aliphatic rings. The van der Waals surface area contributed by atoms with Crippen molar-refractivity contribution in [3.05, 3.63) is 95.8 Å². The minimum atomic E-state index is -0.221. The molecule has 0 aliphatic carbocycles. The van der Waals surface area contributed by atoms with Gasteiger partial charge in [-0.3, -0.25) is 0 Å². The van der Waals surface area contributed by atoms with Crippen molar-refractivity contribution in [3.63, 3.8) is 0 Å². The number of fused-ring (bicyclic) bond motifs is 1. The van der Waals surface area contributed by atoms with E-state index < -0.39 is 0 Å². The van der Waals surface area contributed by atoms with Gasteiger partial charge in [0, 0.05) is 0 Å². The van der Waals surface area contributed by atoms with Crippen LogP contribution in [-0.4, -0.2) is 29.2 Å². The van der Waals surface area contributed by atoms with E-state index >= 15 is 0 Å². The summed E-state index contributed by atoms with van der Waals surface area (Å²) in [7, 11) is 0. The Kier molecular flexibility index (Phi) is 4.70. The van der Waals surface area contributed by atoms with Crippen LogP contribution in [0.3, 0.4) is 0 Å². The third-order valence-corrected chi connectivity index (χ3v) is 6.25. The van der Waals surface area contributed by atoms with Gasteiger partial charge in [-0.05, 0) is 0 Å². The molecular formula is C22H18N2OSe. The van der Waals surface area contributed by atoms with Gasteiger partial charge in [0.05, 0.1) is 0 Å². The summed E-state index contributed by atoms with van der Waals surface area (Å²) in [6.07, 6.45) is 1.84. The first kappa shape index (κ1) is 16.8. The van der Waals surface area contributed by atoms with Crippen LogP contribution in [0.25, 0.3) is 11.0 Å². The van der Waals surface area contributed by atoms with Gasteiger partial charge in [-0.25, -0.2) is 0 Å². The number of aryl methyl sites for hydroxylation is 1. The van der Waals surface area contributed by atoms with Crippen LogP contribution in [0.2, 0.25) is 0 Å². The molecule has 0 amide bonds. The fourth-order valence-corrected chi connectivity index (χ4v) is 4.61. The normalized spacial score (nSPS) is 11.0. The Morgan fingerprint density at radius 3 is 2.54 bits per heavy atom. The zero-order valence-electron chi connectivity index (χ0n) is 14.4. The molecule has 0 saturated heterocycles. The van der Waals surface area contributed by atoms with Crippen LogP contribution in [0.1, 0.15) is 21.5 Å². The fourth-order valence-electron chi connectivity index (χ4n) is 2.95. The van der Waals surface area contributed by atoms with Crippen LogP contribution in [-0.2, 0) is 6.54 Å². The van der Waals surface area contributed by atoms with E-state index in [-0.39, 0.29) is 19.6 Å². The van der Waals surface area contributed by atoms with Gasteiger partial charge < -0.3 is 0 Å². The number of hydrogen-bond acceptors (Lipinski definition) is 2. The van der Waals surface area contributed by atoms with Gasteiger partial charge in [0.1, 0.15) is 0 Å². The number of rotatable bonds is 5. The second-order valence-corrected chi connectivity index (χ2v) is 8.42. The number of carbonyl (C=O) groups excluding carboxylic acids is 1. The van der Waals surface area contributed by atoms with Gasteiger partial charge in [0.25, 0.3) is 0 Å². The van der Waals surface area contributed by atoms with E-state index in [1.165, 1.54) is 5.56 Å². The molecule has 3 aromatic carbocycles. The second-order valence-electron chi connectivity index (χ2n) is 6.22. The van der Waals surface area contributed by atoms with Gasteiger partial charge in [-0.15, -0.1) is 0 Å². The first-order valence-electron chi connectivity index (χ1n) is 8.47. The maximum atomic E-state index is 12.9. The van der Waals surface area contributed by atoms with E-state index in [0.717, 1.165) is 26.6 Å². The number of para-hydroxylation sites is 2. The van der Waals surface area contributed by atoms with Crippen molar-refractivity contribution < 1.29 is 4.79 Å². The van der Waals surface area contributed by atoms with Crippen LogP contribution >= 0.6 is 0 Å². The quantitative estimate of drug-likeness (QED) is 0.476. The van der Waals surface area contributed by atoms with Crippen LogP contribution in [0.4, 0.5) is 0 Å². The Bertz CT molecular complexity index is 1070. The molecule has 0 spiro atoms. The average Bonchev–Trinajstić information content (AvgIpc) is 3.07. The van der Waals surface area contributed by atoms with Gasteiger partial charge in [-0.2, -0.15) is 0 Å². The summed E-state index contributed by atoms with van der Waals surface area (Å²) in [6, 6.07) is 24.2. The second kappa shape index (κ2) is 7.28. The topological polar surface area (TPSA) is 34.9 Å². The van der Waals surface area contributed by atoms with E-state index in [2.05, 4.69) is 46.8 Å². The first-order valence-corrected chi connectivity index (χ1v) is 10.2. The summed E-state index contributed by atoms with van der Waals surface area (Å²) < 4.78 is 3.41. The van der Waals surface area contributed by atoms with Crippen molar-refractivity contribution in [2.75, 3.05) is 0 Å². The summed E-state index contributed by atoms with van der Waals surface area (Å²) in [5.74, 6) is 0. The Morgan fingerprint density at radius 1 is 0.962 bits per heavy atom. The molecule has 0 aliphatic heterocycles. The van der Waals surface area contributed by atoms with Crippen LogP contribution in [0.15, 0.2) is 79.1 Å². The van der Waals surface area contributed by atoms with E-state index in [0.29, 0.717) is 6.54 Å². The number of imidazole rings is 1. The molecule has 4 heteroatoms. The molecule has 0 radical (unpaired) electrons. The zero-order valence-corrected chi connectivity index (χ0v) is 16.1. The maximum absolute atomic E-state index is 12.9. The monoisotopic (exact) mass is 406 g/mol. The van der Waals surface area contributed by atoms with E-state index in [1.54, 1.807) is 0 Å². The zero-order chi connectivity index (χ0) is 17.9. The SMILES string of the molecule is Cc1ccc([Se]C(=O)c2ccccc2Cn2cnc3ccccc32)cc1. The van der Waals surface area contributed by atoms with Crippen molar-refractivity contribution in [3.8, 4) is 0 Å². The number of hydrogen-bond donors (Lipinski definition) is 0. The Balaban J connectivity index is 1.62. The van der Waals surface area contributed by atoms with Crippen molar-refractivity contribution in [1.82, 2.24) is 9.55 Å². The van der Waals surface area contributed by atoms with Crippen molar-refractivity contribution >= 4 is 35.1 Å². The van der Waals surface area contributed by atoms with Crippen molar-refractivity contribution in [1.29, 1.82) is 0 Å². The van der Waals surface area contributed by atoms with Crippen molar-refractivity contribution in [2.45, 2.75) is 13.5 Å². The molecule has 0 unspecified atom stereocenters. The standard InChI is InChI=1S/C22H18N2OSe/c1-16-10-12-18(13-11-16)26-22(25)19-7-3-2-6-17(19)14-24-15-23-20-8-4-5-9-21(20)24/h2-13,15H,14H2,1H3. The molecule has 0 atom stereocenters. The molecule has 4 rings (SSSR count). The molecule has 1 heterocycles. The molecule has 1 aromatic heterocycles. The number of nitrogens with zero attached hydrogens (tertiary/aromatic N) is 2. The van der Waals surface area contributed by atoms with Gasteiger partial charge in [0.15, 0.2) is 0 Å². The van der Waals surface area contributed by atoms with Crippen LogP contribution < -0.4 is 4.46 Å². The first-order chi connectivity index (χ1) is 12.7. The molecule has 3 nitrogen and oxygen atoms in total. The molecule has 4 aromatic rings. The Labute approximate surface area is 158 Å². The third-order valence-electron chi connectivity index (χ3n) is 4.34. The summed E-state index contributed by atoms with van der Waals surface area (Å²) in [4.78, 5) is 17.4. The summed E-state index contributed by atoms with van der Waals surface area (Å²) in [6.45, 7) is 2.70. The van der Waals surface area contributed by atoms with E-state index in [9.17, 15) is 4.79 Å². The summed E-state index contributed by atoms with van der Waals surface area (Å²) >= 11 is -0.221. The molecule has 128 valence electrons. The predicted octanol–water partition coefficient (Wildman–Crippen LogP) is 3.56. The number of benzene rings is 3. The summed E-state index contributed by atoms with van der Waals surface area (Å²) in [5, 5.41) is 0. The molecule has 0 saturated carbocycles. The average molecular weight is 405 g/mol. The molecule has 0 N–H and O–H groups in total. The molecule has 26 heavy (non-hydrogen) atoms.